The smallest absolute Gasteiger partial charge is 0.341 e. The van der Waals surface area contributed by atoms with Crippen LogP contribution in [0, 0.1) is 0 Å². The van der Waals surface area contributed by atoms with E-state index < -0.39 is 5.97 Å². The molecule has 1 N–H and O–H groups in total. The van der Waals surface area contributed by atoms with E-state index in [-0.39, 0.29) is 12.4 Å². The minimum absolute atomic E-state index is 0.0166. The molecule has 2 aromatic carbocycles. The fraction of sp³-hybridized carbons (Fsp3) is 0.227. The second-order valence-corrected chi connectivity index (χ2v) is 6.20. The number of hydrogen-bond donors (Lipinski definition) is 1. The van der Waals surface area contributed by atoms with Crippen LogP contribution in [0.15, 0.2) is 48.7 Å². The van der Waals surface area contributed by atoms with Crippen molar-refractivity contribution in [1.82, 2.24) is 4.98 Å². The standard InChI is InChI=1S/C22H22N2O3/c1-4-15-8-7-11-18-20(15)23-13-19(22(26)27-5-2)21(18)24-17-10-6-9-16(12-17)14(3)25/h6-13H,4-5H2,1-3H3,(H,23,24). The van der Waals surface area contributed by atoms with Crippen molar-refractivity contribution in [2.45, 2.75) is 27.2 Å². The molecule has 0 atom stereocenters. The fourth-order valence-corrected chi connectivity index (χ4v) is 3.03. The highest BCUT2D eigenvalue weighted by molar-refractivity contribution is 6.07. The number of fused-ring (bicyclic) bond motifs is 1. The Labute approximate surface area is 158 Å². The van der Waals surface area contributed by atoms with Gasteiger partial charge >= 0.3 is 5.97 Å². The van der Waals surface area contributed by atoms with Gasteiger partial charge in [0.1, 0.15) is 5.56 Å². The van der Waals surface area contributed by atoms with Crippen molar-refractivity contribution in [3.63, 3.8) is 0 Å². The molecule has 3 rings (SSSR count). The molecule has 138 valence electrons. The van der Waals surface area contributed by atoms with E-state index in [0.29, 0.717) is 16.8 Å². The highest BCUT2D eigenvalue weighted by atomic mass is 16.5. The predicted molar refractivity (Wildman–Crippen MR) is 107 cm³/mol. The van der Waals surface area contributed by atoms with E-state index in [0.717, 1.165) is 28.6 Å². The second-order valence-electron chi connectivity index (χ2n) is 6.20. The molecule has 0 aliphatic heterocycles. The first-order chi connectivity index (χ1) is 13.0. The minimum Gasteiger partial charge on any atom is -0.462 e. The van der Waals surface area contributed by atoms with Crippen LogP contribution in [0.4, 0.5) is 11.4 Å². The van der Waals surface area contributed by atoms with Crippen molar-refractivity contribution in [3.05, 3.63) is 65.4 Å². The van der Waals surface area contributed by atoms with Gasteiger partial charge in [0.05, 0.1) is 17.8 Å². The lowest BCUT2D eigenvalue weighted by Gasteiger charge is -2.15. The number of nitrogens with zero attached hydrogens (tertiary/aromatic N) is 1. The Morgan fingerprint density at radius 1 is 1.11 bits per heavy atom. The maximum absolute atomic E-state index is 12.5. The highest BCUT2D eigenvalue weighted by Gasteiger charge is 2.18. The number of carbonyl (C=O) groups excluding carboxylic acids is 2. The number of aryl methyl sites for hydroxylation is 1. The first kappa shape index (κ1) is 18.6. The van der Waals surface area contributed by atoms with E-state index in [9.17, 15) is 9.59 Å². The largest absolute Gasteiger partial charge is 0.462 e. The van der Waals surface area contributed by atoms with Gasteiger partial charge in [0.25, 0.3) is 0 Å². The van der Waals surface area contributed by atoms with Crippen LogP contribution < -0.4 is 5.32 Å². The molecule has 1 heterocycles. The lowest BCUT2D eigenvalue weighted by atomic mass is 10.0. The normalized spacial score (nSPS) is 10.6. The zero-order valence-electron chi connectivity index (χ0n) is 15.7. The Kier molecular flexibility index (Phi) is 5.50. The highest BCUT2D eigenvalue weighted by Crippen LogP contribution is 2.31. The molecule has 3 aromatic rings. The summed E-state index contributed by atoms with van der Waals surface area (Å²) < 4.78 is 5.20. The number of rotatable bonds is 6. The second kappa shape index (κ2) is 7.99. The van der Waals surface area contributed by atoms with Crippen LogP contribution in [0.1, 0.15) is 47.1 Å². The van der Waals surface area contributed by atoms with Gasteiger partial charge in [0.15, 0.2) is 5.78 Å². The molecule has 0 fully saturated rings. The summed E-state index contributed by atoms with van der Waals surface area (Å²) in [5.74, 6) is -0.448. The summed E-state index contributed by atoms with van der Waals surface area (Å²) in [6.07, 6.45) is 2.39. The van der Waals surface area contributed by atoms with E-state index in [2.05, 4.69) is 17.2 Å². The van der Waals surface area contributed by atoms with E-state index in [1.165, 1.54) is 6.92 Å². The van der Waals surface area contributed by atoms with Crippen molar-refractivity contribution >= 4 is 34.0 Å². The molecule has 27 heavy (non-hydrogen) atoms. The van der Waals surface area contributed by atoms with Gasteiger partial charge in [-0.1, -0.05) is 37.3 Å². The van der Waals surface area contributed by atoms with Crippen LogP contribution in [-0.4, -0.2) is 23.3 Å². The van der Waals surface area contributed by atoms with E-state index in [1.54, 1.807) is 25.3 Å². The van der Waals surface area contributed by atoms with Crippen molar-refractivity contribution in [3.8, 4) is 0 Å². The lowest BCUT2D eigenvalue weighted by Crippen LogP contribution is -2.10. The Balaban J connectivity index is 2.18. The molecular weight excluding hydrogens is 340 g/mol. The third kappa shape index (κ3) is 3.82. The number of ketones is 1. The third-order valence-corrected chi connectivity index (χ3v) is 4.40. The van der Waals surface area contributed by atoms with E-state index in [1.807, 2.05) is 30.3 Å². The number of pyridine rings is 1. The van der Waals surface area contributed by atoms with Gasteiger partial charge in [0.2, 0.25) is 0 Å². The molecule has 5 nitrogen and oxygen atoms in total. The summed E-state index contributed by atoms with van der Waals surface area (Å²) >= 11 is 0. The number of ether oxygens (including phenoxy) is 1. The zero-order valence-corrected chi connectivity index (χ0v) is 15.7. The maximum Gasteiger partial charge on any atom is 0.341 e. The predicted octanol–water partition coefficient (Wildman–Crippen LogP) is 4.92. The third-order valence-electron chi connectivity index (χ3n) is 4.40. The maximum atomic E-state index is 12.5. The summed E-state index contributed by atoms with van der Waals surface area (Å²) in [4.78, 5) is 28.7. The molecule has 5 heteroatoms. The van der Waals surface area contributed by atoms with Crippen LogP contribution in [0.5, 0.6) is 0 Å². The van der Waals surface area contributed by atoms with Gasteiger partial charge in [-0.15, -0.1) is 0 Å². The monoisotopic (exact) mass is 362 g/mol. The average Bonchev–Trinajstić information content (AvgIpc) is 2.68. The van der Waals surface area contributed by atoms with Crippen molar-refractivity contribution in [2.24, 2.45) is 0 Å². The topological polar surface area (TPSA) is 68.3 Å². The van der Waals surface area contributed by atoms with Gasteiger partial charge < -0.3 is 10.1 Å². The first-order valence-corrected chi connectivity index (χ1v) is 9.00. The van der Waals surface area contributed by atoms with Crippen molar-refractivity contribution in [1.29, 1.82) is 0 Å². The zero-order chi connectivity index (χ0) is 19.4. The van der Waals surface area contributed by atoms with Crippen LogP contribution >= 0.6 is 0 Å². The SMILES string of the molecule is CCOC(=O)c1cnc2c(CC)cccc2c1Nc1cccc(C(C)=O)c1. The Morgan fingerprint density at radius 2 is 1.89 bits per heavy atom. The molecule has 0 saturated heterocycles. The summed E-state index contributed by atoms with van der Waals surface area (Å²) in [5.41, 5.74) is 4.27. The fourth-order valence-electron chi connectivity index (χ4n) is 3.03. The summed E-state index contributed by atoms with van der Waals surface area (Å²) in [5, 5.41) is 4.15. The first-order valence-electron chi connectivity index (χ1n) is 9.00. The van der Waals surface area contributed by atoms with E-state index in [4.69, 9.17) is 4.74 Å². The molecular formula is C22H22N2O3. The number of carbonyl (C=O) groups is 2. The van der Waals surface area contributed by atoms with Gasteiger partial charge in [-0.3, -0.25) is 9.78 Å². The molecule has 0 aliphatic carbocycles. The number of para-hydroxylation sites is 1. The average molecular weight is 362 g/mol. The Bertz CT molecular complexity index is 1010. The lowest BCUT2D eigenvalue weighted by molar-refractivity contribution is 0.0527. The van der Waals surface area contributed by atoms with Crippen LogP contribution in [0.3, 0.4) is 0 Å². The number of hydrogen-bond acceptors (Lipinski definition) is 5. The summed E-state index contributed by atoms with van der Waals surface area (Å²) in [6.45, 7) is 5.65. The quantitative estimate of drug-likeness (QED) is 0.498. The van der Waals surface area contributed by atoms with Gasteiger partial charge in [0, 0.05) is 22.8 Å². The number of benzene rings is 2. The minimum atomic E-state index is -0.431. The van der Waals surface area contributed by atoms with Crippen molar-refractivity contribution < 1.29 is 14.3 Å². The number of esters is 1. The van der Waals surface area contributed by atoms with Gasteiger partial charge in [-0.25, -0.2) is 4.79 Å². The number of nitrogens with one attached hydrogen (secondary N) is 1. The number of aromatic nitrogens is 1. The molecule has 1 aromatic heterocycles. The molecule has 0 bridgehead atoms. The Hall–Kier alpha value is -3.21. The summed E-state index contributed by atoms with van der Waals surface area (Å²) in [7, 11) is 0. The van der Waals surface area contributed by atoms with Gasteiger partial charge in [-0.05, 0) is 38.0 Å². The van der Waals surface area contributed by atoms with Crippen LogP contribution in [0.2, 0.25) is 0 Å². The molecule has 0 spiro atoms. The van der Waals surface area contributed by atoms with Crippen LogP contribution in [0.25, 0.3) is 10.9 Å². The molecule has 0 saturated carbocycles. The number of Topliss-reactive ketones (excluding diaryl/α,β-unsaturated/α-hetero) is 1. The van der Waals surface area contributed by atoms with Crippen LogP contribution in [-0.2, 0) is 11.2 Å². The summed E-state index contributed by atoms with van der Waals surface area (Å²) in [6, 6.07) is 13.1. The Morgan fingerprint density at radius 3 is 2.59 bits per heavy atom. The van der Waals surface area contributed by atoms with Crippen molar-refractivity contribution in [2.75, 3.05) is 11.9 Å². The molecule has 0 amide bonds. The molecule has 0 unspecified atom stereocenters. The number of anilines is 2. The molecule has 0 radical (unpaired) electrons. The molecule has 0 aliphatic rings. The van der Waals surface area contributed by atoms with Gasteiger partial charge in [-0.2, -0.15) is 0 Å². The van der Waals surface area contributed by atoms with E-state index >= 15 is 0 Å².